The van der Waals surface area contributed by atoms with Gasteiger partial charge in [-0.2, -0.15) is 0 Å². The van der Waals surface area contributed by atoms with Crippen LogP contribution in [0, 0.1) is 5.82 Å². The number of hydrogen-bond acceptors (Lipinski definition) is 6. The molecule has 0 bridgehead atoms. The van der Waals surface area contributed by atoms with E-state index in [2.05, 4.69) is 0 Å². The van der Waals surface area contributed by atoms with Crippen molar-refractivity contribution in [1.29, 1.82) is 0 Å². The highest BCUT2D eigenvalue weighted by atomic mass is 19.1. The maximum absolute atomic E-state index is 13.9. The molecule has 1 aliphatic heterocycles. The van der Waals surface area contributed by atoms with Crippen molar-refractivity contribution >= 4 is 23.3 Å². The smallest absolute Gasteiger partial charge is 0.344 e. The Labute approximate surface area is 174 Å². The number of hydrogen-bond donors (Lipinski definition) is 0. The summed E-state index contributed by atoms with van der Waals surface area (Å²) in [5, 5.41) is 0. The fraction of sp³-hybridized carbons (Fsp3) is 0.318. The molecule has 1 fully saturated rings. The SMILES string of the molecule is CC(=O)c1cccc(OCC(=O)OCC(=O)N2CCN(c3ccccc3F)CC2)c1. The predicted molar refractivity (Wildman–Crippen MR) is 108 cm³/mol. The van der Waals surface area contributed by atoms with Crippen LogP contribution in [-0.4, -0.2) is 62.0 Å². The number of benzene rings is 2. The van der Waals surface area contributed by atoms with Crippen LogP contribution < -0.4 is 9.64 Å². The summed E-state index contributed by atoms with van der Waals surface area (Å²) in [6.07, 6.45) is 0. The zero-order chi connectivity index (χ0) is 21.5. The van der Waals surface area contributed by atoms with Gasteiger partial charge in [-0.25, -0.2) is 9.18 Å². The number of ketones is 1. The number of nitrogens with zero attached hydrogens (tertiary/aromatic N) is 2. The van der Waals surface area contributed by atoms with Gasteiger partial charge in [0.15, 0.2) is 19.0 Å². The van der Waals surface area contributed by atoms with Crippen molar-refractivity contribution in [1.82, 2.24) is 4.90 Å². The molecule has 1 heterocycles. The van der Waals surface area contributed by atoms with Gasteiger partial charge in [0.05, 0.1) is 5.69 Å². The molecule has 2 aromatic rings. The van der Waals surface area contributed by atoms with E-state index in [1.807, 2.05) is 4.90 Å². The van der Waals surface area contributed by atoms with Crippen molar-refractivity contribution in [2.45, 2.75) is 6.92 Å². The number of anilines is 1. The molecule has 0 N–H and O–H groups in total. The van der Waals surface area contributed by atoms with Gasteiger partial charge < -0.3 is 19.3 Å². The second kappa shape index (κ2) is 9.87. The van der Waals surface area contributed by atoms with Crippen LogP contribution in [0.1, 0.15) is 17.3 Å². The molecule has 1 aliphatic rings. The van der Waals surface area contributed by atoms with Gasteiger partial charge in [-0.1, -0.05) is 24.3 Å². The lowest BCUT2D eigenvalue weighted by Gasteiger charge is -2.36. The minimum absolute atomic E-state index is 0.108. The van der Waals surface area contributed by atoms with E-state index in [-0.39, 0.29) is 30.7 Å². The van der Waals surface area contributed by atoms with Crippen molar-refractivity contribution < 1.29 is 28.2 Å². The second-order valence-electron chi connectivity index (χ2n) is 6.85. The molecule has 8 heteroatoms. The van der Waals surface area contributed by atoms with E-state index < -0.39 is 5.97 Å². The summed E-state index contributed by atoms with van der Waals surface area (Å²) in [7, 11) is 0. The van der Waals surface area contributed by atoms with Crippen molar-refractivity contribution in [2.24, 2.45) is 0 Å². The quantitative estimate of drug-likeness (QED) is 0.511. The molecular weight excluding hydrogens is 391 g/mol. The van der Waals surface area contributed by atoms with Crippen LogP contribution in [0.2, 0.25) is 0 Å². The summed E-state index contributed by atoms with van der Waals surface area (Å²) in [5.41, 5.74) is 0.993. The first-order valence-electron chi connectivity index (χ1n) is 9.60. The lowest BCUT2D eigenvalue weighted by Crippen LogP contribution is -2.50. The summed E-state index contributed by atoms with van der Waals surface area (Å²) in [6.45, 7) is 2.52. The lowest BCUT2D eigenvalue weighted by atomic mass is 10.1. The van der Waals surface area contributed by atoms with Crippen LogP contribution in [0.4, 0.5) is 10.1 Å². The Bertz CT molecular complexity index is 925. The normalized spacial score (nSPS) is 13.7. The first-order valence-corrected chi connectivity index (χ1v) is 9.60. The highest BCUT2D eigenvalue weighted by Crippen LogP contribution is 2.20. The molecule has 2 aromatic carbocycles. The van der Waals surface area contributed by atoms with Crippen LogP contribution in [0.3, 0.4) is 0 Å². The maximum Gasteiger partial charge on any atom is 0.344 e. The van der Waals surface area contributed by atoms with E-state index >= 15 is 0 Å². The van der Waals surface area contributed by atoms with Gasteiger partial charge in [0.25, 0.3) is 5.91 Å². The summed E-state index contributed by atoms with van der Waals surface area (Å²) in [4.78, 5) is 39.0. The lowest BCUT2D eigenvalue weighted by molar-refractivity contribution is -0.153. The molecular formula is C22H23FN2O5. The van der Waals surface area contributed by atoms with E-state index in [1.165, 1.54) is 19.1 Å². The molecule has 1 amide bonds. The third-order valence-corrected chi connectivity index (χ3v) is 4.78. The summed E-state index contributed by atoms with van der Waals surface area (Å²) in [5.74, 6) is -1.02. The van der Waals surface area contributed by atoms with Crippen molar-refractivity contribution in [3.8, 4) is 5.75 Å². The Morgan fingerprint density at radius 1 is 0.967 bits per heavy atom. The highest BCUT2D eigenvalue weighted by Gasteiger charge is 2.23. The fourth-order valence-electron chi connectivity index (χ4n) is 3.13. The third kappa shape index (κ3) is 5.56. The van der Waals surface area contributed by atoms with E-state index in [0.717, 1.165) is 0 Å². The maximum atomic E-state index is 13.9. The van der Waals surface area contributed by atoms with Crippen LogP contribution in [0.5, 0.6) is 5.75 Å². The minimum atomic E-state index is -0.679. The number of esters is 1. The van der Waals surface area contributed by atoms with Gasteiger partial charge in [-0.05, 0) is 31.2 Å². The number of para-hydroxylation sites is 1. The zero-order valence-electron chi connectivity index (χ0n) is 16.7. The molecule has 158 valence electrons. The number of Topliss-reactive ketones (excluding diaryl/α,β-unsaturated/α-hetero) is 1. The first kappa shape index (κ1) is 21.3. The number of amides is 1. The molecule has 0 radical (unpaired) electrons. The van der Waals surface area contributed by atoms with E-state index in [4.69, 9.17) is 9.47 Å². The molecule has 0 unspecified atom stereocenters. The van der Waals surface area contributed by atoms with E-state index in [0.29, 0.717) is 43.2 Å². The van der Waals surface area contributed by atoms with Crippen molar-refractivity contribution in [3.05, 3.63) is 59.9 Å². The van der Waals surface area contributed by atoms with E-state index in [9.17, 15) is 18.8 Å². The Balaban J connectivity index is 1.40. The van der Waals surface area contributed by atoms with Crippen LogP contribution in [0.15, 0.2) is 48.5 Å². The number of carbonyl (C=O) groups is 3. The van der Waals surface area contributed by atoms with Gasteiger partial charge in [0.2, 0.25) is 0 Å². The largest absolute Gasteiger partial charge is 0.482 e. The number of ether oxygens (including phenoxy) is 2. The van der Waals surface area contributed by atoms with Gasteiger partial charge in [-0.15, -0.1) is 0 Å². The van der Waals surface area contributed by atoms with Gasteiger partial charge in [-0.3, -0.25) is 9.59 Å². The van der Waals surface area contributed by atoms with Gasteiger partial charge >= 0.3 is 5.97 Å². The zero-order valence-corrected chi connectivity index (χ0v) is 16.7. The number of halogens is 1. The minimum Gasteiger partial charge on any atom is -0.482 e. The molecule has 1 saturated heterocycles. The number of piperazine rings is 1. The average molecular weight is 414 g/mol. The molecule has 0 saturated carbocycles. The topological polar surface area (TPSA) is 76.2 Å². The molecule has 30 heavy (non-hydrogen) atoms. The van der Waals surface area contributed by atoms with Crippen molar-refractivity contribution in [2.75, 3.05) is 44.3 Å². The Morgan fingerprint density at radius 3 is 2.40 bits per heavy atom. The molecule has 0 spiro atoms. The van der Waals surface area contributed by atoms with Crippen molar-refractivity contribution in [3.63, 3.8) is 0 Å². The van der Waals surface area contributed by atoms with Gasteiger partial charge in [0, 0.05) is 31.7 Å². The van der Waals surface area contributed by atoms with Crippen LogP contribution in [0.25, 0.3) is 0 Å². The Hall–Kier alpha value is -3.42. The predicted octanol–water partition coefficient (Wildman–Crippen LogP) is 2.30. The molecule has 7 nitrogen and oxygen atoms in total. The van der Waals surface area contributed by atoms with E-state index in [1.54, 1.807) is 41.3 Å². The summed E-state index contributed by atoms with van der Waals surface area (Å²) in [6, 6.07) is 13.0. The molecule has 3 rings (SSSR count). The molecule has 0 atom stereocenters. The number of carbonyl (C=O) groups excluding carboxylic acids is 3. The highest BCUT2D eigenvalue weighted by molar-refractivity contribution is 5.94. The average Bonchev–Trinajstić information content (AvgIpc) is 2.76. The summed E-state index contributed by atoms with van der Waals surface area (Å²) < 4.78 is 24.2. The third-order valence-electron chi connectivity index (χ3n) is 4.78. The Kier molecular flexibility index (Phi) is 7.00. The van der Waals surface area contributed by atoms with Gasteiger partial charge in [0.1, 0.15) is 11.6 Å². The van der Waals surface area contributed by atoms with Crippen LogP contribution >= 0.6 is 0 Å². The van der Waals surface area contributed by atoms with Crippen LogP contribution in [-0.2, 0) is 14.3 Å². The standard InChI is InChI=1S/C22H23FN2O5/c1-16(26)17-5-4-6-18(13-17)29-15-22(28)30-14-21(27)25-11-9-24(10-12-25)20-8-3-2-7-19(20)23/h2-8,13H,9-12,14-15H2,1H3. The molecule has 0 aliphatic carbocycles. The summed E-state index contributed by atoms with van der Waals surface area (Å²) >= 11 is 0. The Morgan fingerprint density at radius 2 is 1.70 bits per heavy atom. The molecule has 0 aromatic heterocycles. The monoisotopic (exact) mass is 414 g/mol. The fourth-order valence-corrected chi connectivity index (χ4v) is 3.13. The number of rotatable bonds is 7. The second-order valence-corrected chi connectivity index (χ2v) is 6.85. The first-order chi connectivity index (χ1) is 14.4.